The SMILES string of the molecule is C=C(CCCOc1cc2c(=C)n(-c3c(C(C)C)cccc3C(C)C)c(=C)c2cc1N)CC(C)(CC)CCCC(C)(CC)CC. The molecule has 3 rings (SSSR count). The number of hydrogen-bond acceptors (Lipinski definition) is 2. The van der Waals surface area contributed by atoms with Gasteiger partial charge < -0.3 is 15.0 Å². The lowest BCUT2D eigenvalue weighted by molar-refractivity contribution is 0.216. The van der Waals surface area contributed by atoms with Gasteiger partial charge in [-0.3, -0.25) is 0 Å². The van der Waals surface area contributed by atoms with Crippen LogP contribution in [0.5, 0.6) is 5.75 Å². The summed E-state index contributed by atoms with van der Waals surface area (Å²) in [6.45, 7) is 35.0. The summed E-state index contributed by atoms with van der Waals surface area (Å²) in [6, 6.07) is 10.7. The Morgan fingerprint density at radius 1 is 0.841 bits per heavy atom. The number of anilines is 1. The van der Waals surface area contributed by atoms with Crippen LogP contribution in [0.3, 0.4) is 0 Å². The first-order valence-corrected chi connectivity index (χ1v) is 17.2. The highest BCUT2D eigenvalue weighted by Gasteiger charge is 2.26. The molecular weight excluding hydrogens is 536 g/mol. The minimum absolute atomic E-state index is 0.322. The van der Waals surface area contributed by atoms with Crippen LogP contribution in [0, 0.1) is 10.8 Å². The maximum absolute atomic E-state index is 6.55. The summed E-state index contributed by atoms with van der Waals surface area (Å²) < 4.78 is 8.52. The summed E-state index contributed by atoms with van der Waals surface area (Å²) >= 11 is 0. The molecule has 3 nitrogen and oxygen atoms in total. The van der Waals surface area contributed by atoms with Crippen molar-refractivity contribution in [1.29, 1.82) is 0 Å². The maximum Gasteiger partial charge on any atom is 0.142 e. The fourth-order valence-electron chi connectivity index (χ4n) is 6.77. The molecule has 0 saturated heterocycles. The topological polar surface area (TPSA) is 40.2 Å². The van der Waals surface area contributed by atoms with E-state index < -0.39 is 0 Å². The average molecular weight is 599 g/mol. The molecule has 0 aliphatic carbocycles. The summed E-state index contributed by atoms with van der Waals surface area (Å²) in [5.41, 5.74) is 13.1. The second kappa shape index (κ2) is 14.9. The summed E-state index contributed by atoms with van der Waals surface area (Å²) in [5, 5.41) is 3.91. The van der Waals surface area contributed by atoms with Gasteiger partial charge in [0.25, 0.3) is 0 Å². The number of nitrogens with zero attached hydrogens (tertiary/aromatic N) is 1. The first-order valence-electron chi connectivity index (χ1n) is 17.2. The number of ether oxygens (including phenoxy) is 1. The van der Waals surface area contributed by atoms with Crippen LogP contribution in [-0.2, 0) is 0 Å². The zero-order valence-electron chi connectivity index (χ0n) is 29.7. The van der Waals surface area contributed by atoms with E-state index in [1.165, 1.54) is 60.9 Å². The number of benzene rings is 2. The Labute approximate surface area is 269 Å². The van der Waals surface area contributed by atoms with Gasteiger partial charge in [0, 0.05) is 21.5 Å². The molecule has 1 aromatic heterocycles. The minimum atomic E-state index is 0.322. The number of aromatic nitrogens is 1. The fraction of sp³-hybridized carbons (Fsp3) is 0.561. The molecule has 0 radical (unpaired) electrons. The van der Waals surface area contributed by atoms with Gasteiger partial charge in [0.1, 0.15) is 5.75 Å². The number of rotatable bonds is 17. The standard InChI is InChI=1S/C41H62N2O/c1-13-40(11,14-2)22-18-23-41(12,15-3)27-30(8)19-17-24-44-38-26-36-32(10)43(31(9)35(36)25-37(38)42)39-33(28(4)5)20-16-21-34(39)29(6)7/h16,20-21,25-26,28-29H,8-10,13-15,17-19,22-24,27,42H2,1-7,11-12H3. The number of hydrogen-bond donors (Lipinski definition) is 1. The molecule has 3 aromatic rings. The van der Waals surface area contributed by atoms with Gasteiger partial charge in [-0.1, -0.05) is 132 Å². The smallest absolute Gasteiger partial charge is 0.142 e. The number of allylic oxidation sites excluding steroid dienone is 1. The van der Waals surface area contributed by atoms with Crippen molar-refractivity contribution in [2.45, 2.75) is 132 Å². The van der Waals surface area contributed by atoms with Gasteiger partial charge in [-0.15, -0.1) is 0 Å². The molecule has 0 aliphatic heterocycles. The van der Waals surface area contributed by atoms with Crippen LogP contribution in [0.4, 0.5) is 5.69 Å². The number of nitrogen functional groups attached to an aromatic ring is 1. The molecule has 1 unspecified atom stereocenters. The van der Waals surface area contributed by atoms with Crippen molar-refractivity contribution in [3.8, 4) is 11.4 Å². The molecule has 1 atom stereocenters. The Morgan fingerprint density at radius 2 is 1.36 bits per heavy atom. The number of para-hydroxylation sites is 1. The molecular formula is C41H62N2O. The summed E-state index contributed by atoms with van der Waals surface area (Å²) in [6.07, 6.45) is 10.6. The van der Waals surface area contributed by atoms with Crippen LogP contribution < -0.4 is 21.2 Å². The number of nitrogens with two attached hydrogens (primary N) is 1. The third-order valence-electron chi connectivity index (χ3n) is 10.6. The Hall–Kier alpha value is -2.94. The van der Waals surface area contributed by atoms with Crippen molar-refractivity contribution >= 4 is 29.6 Å². The molecule has 0 spiro atoms. The maximum atomic E-state index is 6.55. The van der Waals surface area contributed by atoms with E-state index in [-0.39, 0.29) is 0 Å². The highest BCUT2D eigenvalue weighted by molar-refractivity contribution is 5.90. The van der Waals surface area contributed by atoms with Crippen molar-refractivity contribution in [3.63, 3.8) is 0 Å². The second-order valence-electron chi connectivity index (χ2n) is 14.7. The van der Waals surface area contributed by atoms with Crippen molar-refractivity contribution in [2.24, 2.45) is 10.8 Å². The zero-order chi connectivity index (χ0) is 32.8. The van der Waals surface area contributed by atoms with E-state index in [0.29, 0.717) is 35.0 Å². The largest absolute Gasteiger partial charge is 0.491 e. The third-order valence-corrected chi connectivity index (χ3v) is 10.6. The monoisotopic (exact) mass is 598 g/mol. The summed E-state index contributed by atoms with van der Waals surface area (Å²) in [5.74, 6) is 1.47. The summed E-state index contributed by atoms with van der Waals surface area (Å²) in [7, 11) is 0. The van der Waals surface area contributed by atoms with E-state index >= 15 is 0 Å². The molecule has 0 bridgehead atoms. The van der Waals surface area contributed by atoms with Crippen LogP contribution in [-0.4, -0.2) is 11.2 Å². The van der Waals surface area contributed by atoms with Gasteiger partial charge in [0.05, 0.1) is 18.0 Å². The van der Waals surface area contributed by atoms with Gasteiger partial charge in [-0.25, -0.2) is 0 Å². The Bertz CT molecular complexity index is 1490. The van der Waals surface area contributed by atoms with Crippen LogP contribution in [0.25, 0.3) is 29.6 Å². The zero-order valence-corrected chi connectivity index (χ0v) is 29.7. The van der Waals surface area contributed by atoms with Crippen molar-refractivity contribution in [1.82, 2.24) is 4.57 Å². The fourth-order valence-corrected chi connectivity index (χ4v) is 6.77. The number of fused-ring (bicyclic) bond motifs is 1. The molecule has 0 fully saturated rings. The van der Waals surface area contributed by atoms with Crippen molar-refractivity contribution in [2.75, 3.05) is 12.3 Å². The molecule has 0 aliphatic rings. The normalized spacial score (nSPS) is 13.6. The average Bonchev–Trinajstić information content (AvgIpc) is 3.22. The Kier molecular flexibility index (Phi) is 12.0. The van der Waals surface area contributed by atoms with Gasteiger partial charge in [-0.2, -0.15) is 0 Å². The van der Waals surface area contributed by atoms with E-state index in [0.717, 1.165) is 46.5 Å². The Balaban J connectivity index is 1.72. The van der Waals surface area contributed by atoms with Gasteiger partial charge in [0.2, 0.25) is 0 Å². The molecule has 44 heavy (non-hydrogen) atoms. The van der Waals surface area contributed by atoms with Crippen molar-refractivity contribution in [3.05, 3.63) is 64.3 Å². The lowest BCUT2D eigenvalue weighted by Gasteiger charge is -2.32. The molecule has 0 amide bonds. The van der Waals surface area contributed by atoms with Gasteiger partial charge in [-0.05, 0) is 78.0 Å². The molecule has 2 N–H and O–H groups in total. The van der Waals surface area contributed by atoms with E-state index in [4.69, 9.17) is 10.5 Å². The van der Waals surface area contributed by atoms with E-state index in [1.807, 2.05) is 6.07 Å². The van der Waals surface area contributed by atoms with Crippen molar-refractivity contribution < 1.29 is 4.74 Å². The van der Waals surface area contributed by atoms with E-state index in [9.17, 15) is 0 Å². The lowest BCUT2D eigenvalue weighted by Crippen LogP contribution is -2.26. The van der Waals surface area contributed by atoms with Crippen LogP contribution >= 0.6 is 0 Å². The quantitative estimate of drug-likeness (QED) is 0.0954. The second-order valence-corrected chi connectivity index (χ2v) is 14.7. The molecule has 1 heterocycles. The first kappa shape index (κ1) is 35.5. The molecule has 2 aromatic carbocycles. The predicted molar refractivity (Wildman–Crippen MR) is 196 cm³/mol. The van der Waals surface area contributed by atoms with Gasteiger partial charge >= 0.3 is 0 Å². The summed E-state index contributed by atoms with van der Waals surface area (Å²) in [4.78, 5) is 0. The highest BCUT2D eigenvalue weighted by Crippen LogP contribution is 2.39. The van der Waals surface area contributed by atoms with E-state index in [1.54, 1.807) is 0 Å². The first-order chi connectivity index (χ1) is 20.7. The van der Waals surface area contributed by atoms with Crippen LogP contribution in [0.1, 0.15) is 143 Å². The lowest BCUT2D eigenvalue weighted by atomic mass is 9.73. The Morgan fingerprint density at radius 3 is 1.89 bits per heavy atom. The molecule has 0 saturated carbocycles. The molecule has 3 heteroatoms. The van der Waals surface area contributed by atoms with E-state index in [2.05, 4.69) is 111 Å². The third kappa shape index (κ3) is 8.01. The van der Waals surface area contributed by atoms with Crippen LogP contribution in [0.15, 0.2) is 42.5 Å². The van der Waals surface area contributed by atoms with Gasteiger partial charge in [0.15, 0.2) is 0 Å². The molecule has 242 valence electrons. The predicted octanol–water partition coefficient (Wildman–Crippen LogP) is 10.8. The highest BCUT2D eigenvalue weighted by atomic mass is 16.5. The van der Waals surface area contributed by atoms with Crippen LogP contribution in [0.2, 0.25) is 0 Å². The minimum Gasteiger partial charge on any atom is -0.491 e.